The van der Waals surface area contributed by atoms with Gasteiger partial charge in [0.1, 0.15) is 4.70 Å². The molecule has 0 radical (unpaired) electrons. The zero-order valence-corrected chi connectivity index (χ0v) is 24.9. The molecule has 0 amide bonds. The lowest BCUT2D eigenvalue weighted by atomic mass is 10.2. The molecule has 0 aliphatic carbocycles. The molecule has 1 aromatic heterocycles. The lowest BCUT2D eigenvalue weighted by Gasteiger charge is -2.20. The largest absolute Gasteiger partial charge is 0.748 e. The van der Waals surface area contributed by atoms with Gasteiger partial charge in [-0.2, -0.15) is 13.0 Å². The van der Waals surface area contributed by atoms with Crippen molar-refractivity contribution in [2.45, 2.75) is 24.3 Å². The molecule has 2 heterocycles. The summed E-state index contributed by atoms with van der Waals surface area (Å²) >= 11 is 27.7. The van der Waals surface area contributed by atoms with Crippen molar-refractivity contribution >= 4 is 112 Å². The smallest absolute Gasteiger partial charge is 0.265 e. The van der Waals surface area contributed by atoms with Gasteiger partial charge in [0.15, 0.2) is 6.54 Å². The maximum atomic E-state index is 11.3. The first kappa shape index (κ1) is 29.2. The topological polar surface area (TPSA) is 119 Å². The quantitative estimate of drug-likeness (QED) is 0.221. The predicted molar refractivity (Wildman–Crippen MR) is 150 cm³/mol. The van der Waals surface area contributed by atoms with Gasteiger partial charge in [0, 0.05) is 29.7 Å². The number of benzene rings is 2. The second-order valence-corrected chi connectivity index (χ2v) is 14.9. The van der Waals surface area contributed by atoms with Crippen LogP contribution in [0, 0.1) is 0 Å². The fraction of sp³-hybridized carbons (Fsp3) is 0.286. The molecule has 2 aromatic carbocycles. The third-order valence-electron chi connectivity index (χ3n) is 5.35. The first-order chi connectivity index (χ1) is 17.2. The van der Waals surface area contributed by atoms with Crippen molar-refractivity contribution in [2.24, 2.45) is 0 Å². The molecule has 4 rings (SSSR count). The molecule has 0 unspecified atom stereocenters. The van der Waals surface area contributed by atoms with Crippen molar-refractivity contribution in [2.75, 3.05) is 23.0 Å². The number of thioether (sulfide) groups is 1. The number of fused-ring (bicyclic) bond motifs is 2. The summed E-state index contributed by atoms with van der Waals surface area (Å²) in [6.45, 7) is 0.497. The fourth-order valence-electron chi connectivity index (χ4n) is 3.78. The number of aromatic nitrogens is 1. The average molecular weight is 664 g/mol. The Kier molecular flexibility index (Phi) is 8.96. The highest BCUT2D eigenvalue weighted by Crippen LogP contribution is 2.49. The molecule has 3 aromatic rings. The number of hydrogen-bond acceptors (Lipinski definition) is 8. The average Bonchev–Trinajstić information content (AvgIpc) is 3.25. The molecular weight excluding hydrogens is 646 g/mol. The normalized spacial score (nSPS) is 15.2. The van der Waals surface area contributed by atoms with Crippen LogP contribution in [-0.4, -0.2) is 44.0 Å². The highest BCUT2D eigenvalue weighted by molar-refractivity contribution is 8.04. The van der Waals surface area contributed by atoms with Crippen molar-refractivity contribution in [3.63, 3.8) is 0 Å². The van der Waals surface area contributed by atoms with Crippen molar-refractivity contribution in [3.05, 3.63) is 54.4 Å². The Morgan fingerprint density at radius 1 is 0.946 bits per heavy atom. The first-order valence-corrected chi connectivity index (χ1v) is 16.9. The number of halogens is 4. The Hall–Kier alpha value is -0.800. The summed E-state index contributed by atoms with van der Waals surface area (Å²) in [7, 11) is -8.53. The molecule has 16 heteroatoms. The lowest BCUT2D eigenvalue weighted by Crippen LogP contribution is -2.36. The van der Waals surface area contributed by atoms with E-state index in [4.69, 9.17) is 46.4 Å². The van der Waals surface area contributed by atoms with Gasteiger partial charge < -0.3 is 9.45 Å². The van der Waals surface area contributed by atoms with Gasteiger partial charge in [0.25, 0.3) is 15.1 Å². The van der Waals surface area contributed by atoms with E-state index in [1.165, 1.54) is 23.1 Å². The summed E-state index contributed by atoms with van der Waals surface area (Å²) in [5, 5.41) is 2.86. The van der Waals surface area contributed by atoms with Crippen LogP contribution in [0.5, 0.6) is 0 Å². The minimum Gasteiger partial charge on any atom is -0.748 e. The van der Waals surface area contributed by atoms with Gasteiger partial charge in [-0.3, -0.25) is 4.55 Å². The molecule has 0 saturated carbocycles. The Morgan fingerprint density at radius 2 is 1.59 bits per heavy atom. The van der Waals surface area contributed by atoms with Crippen molar-refractivity contribution in [3.8, 4) is 0 Å². The van der Waals surface area contributed by atoms with Crippen molar-refractivity contribution in [1.82, 2.24) is 0 Å². The highest BCUT2D eigenvalue weighted by atomic mass is 35.5. The fourth-order valence-corrected chi connectivity index (χ4v) is 7.90. The van der Waals surface area contributed by atoms with Crippen LogP contribution in [0.1, 0.15) is 17.8 Å². The van der Waals surface area contributed by atoms with Crippen LogP contribution in [0.2, 0.25) is 20.1 Å². The van der Waals surface area contributed by atoms with Crippen LogP contribution in [0.3, 0.4) is 0 Å². The van der Waals surface area contributed by atoms with E-state index in [2.05, 4.69) is 0 Å². The minimum absolute atomic E-state index is 0.0927. The van der Waals surface area contributed by atoms with Crippen LogP contribution in [0.15, 0.2) is 34.2 Å². The number of nitrogens with zero attached hydrogens (tertiary/aromatic N) is 2. The van der Waals surface area contributed by atoms with Gasteiger partial charge in [-0.15, -0.1) is 0 Å². The van der Waals surface area contributed by atoms with E-state index >= 15 is 0 Å². The zero-order chi connectivity index (χ0) is 27.1. The third-order valence-corrected chi connectivity index (χ3v) is 10.6. The van der Waals surface area contributed by atoms with E-state index in [1.807, 2.05) is 15.5 Å². The molecule has 1 N–H and O–H groups in total. The van der Waals surface area contributed by atoms with Crippen molar-refractivity contribution in [1.29, 1.82) is 0 Å². The van der Waals surface area contributed by atoms with E-state index < -0.39 is 31.7 Å². The van der Waals surface area contributed by atoms with E-state index in [9.17, 15) is 25.9 Å². The van der Waals surface area contributed by atoms with Gasteiger partial charge in [-0.05, 0) is 24.6 Å². The van der Waals surface area contributed by atoms with E-state index in [0.29, 0.717) is 20.1 Å². The van der Waals surface area contributed by atoms with Gasteiger partial charge in [0.2, 0.25) is 5.52 Å². The van der Waals surface area contributed by atoms with Gasteiger partial charge >= 0.3 is 0 Å². The first-order valence-electron chi connectivity index (χ1n) is 10.6. The van der Waals surface area contributed by atoms with E-state index in [1.54, 1.807) is 24.3 Å². The Morgan fingerprint density at radius 3 is 2.27 bits per heavy atom. The third kappa shape index (κ3) is 7.24. The number of thiazole rings is 1. The van der Waals surface area contributed by atoms with Crippen molar-refractivity contribution < 1.29 is 30.5 Å². The summed E-state index contributed by atoms with van der Waals surface area (Å²) in [6.07, 6.45) is 2.11. The Balaban J connectivity index is 1.78. The monoisotopic (exact) mass is 662 g/mol. The molecule has 37 heavy (non-hydrogen) atoms. The van der Waals surface area contributed by atoms with Gasteiger partial charge in [-0.25, -0.2) is 8.42 Å². The SMILES string of the molecule is O=S(=O)([O-])CCC[n+]1c(/C=C2/Sc3cc(Cl)c(Cl)cc3N2CCCS(=O)(=O)O)sc2cc(Cl)c(Cl)cc21. The molecular formula is C21H18Cl4N2O6S4. The summed E-state index contributed by atoms with van der Waals surface area (Å²) < 4.78 is 67.9. The standard InChI is InChI=1S/C21H18Cl4N2O6S4/c22-12-7-16-18(9-14(12)24)34-20(26(16)3-1-5-36(28,29)30)11-21-27(4-2-6-37(31,32)33)17-8-13(23)15(25)10-19(17)35-21/h7-11H,1-6H2,(H-,28,29,30,31,32,33). The summed E-state index contributed by atoms with van der Waals surface area (Å²) in [5.74, 6) is -0.935. The number of aryl methyl sites for hydroxylation is 1. The summed E-state index contributed by atoms with van der Waals surface area (Å²) in [6, 6.07) is 6.81. The van der Waals surface area contributed by atoms with Gasteiger partial charge in [-0.1, -0.05) is 69.5 Å². The maximum absolute atomic E-state index is 11.3. The van der Waals surface area contributed by atoms with Gasteiger partial charge in [0.05, 0.1) is 52.8 Å². The molecule has 0 atom stereocenters. The summed E-state index contributed by atoms with van der Waals surface area (Å²) in [4.78, 5) is 2.69. The Labute approximate surface area is 242 Å². The van der Waals surface area contributed by atoms with Crippen LogP contribution in [-0.2, 0) is 26.8 Å². The molecule has 200 valence electrons. The minimum atomic E-state index is -4.39. The second-order valence-electron chi connectivity index (χ2n) is 8.05. The molecule has 1 aliphatic rings. The number of anilines is 1. The van der Waals surface area contributed by atoms with E-state index in [0.717, 1.165) is 30.8 Å². The van der Waals surface area contributed by atoms with Crippen LogP contribution >= 0.6 is 69.5 Å². The molecule has 1 aliphatic heterocycles. The van der Waals surface area contributed by atoms with Crippen LogP contribution in [0.4, 0.5) is 5.69 Å². The molecule has 0 spiro atoms. The molecule has 0 bridgehead atoms. The number of rotatable bonds is 9. The highest BCUT2D eigenvalue weighted by Gasteiger charge is 2.29. The molecule has 0 fully saturated rings. The lowest BCUT2D eigenvalue weighted by molar-refractivity contribution is -0.668. The number of hydrogen-bond donors (Lipinski definition) is 1. The second kappa shape index (κ2) is 11.4. The summed E-state index contributed by atoms with van der Waals surface area (Å²) in [5.41, 5.74) is 1.45. The van der Waals surface area contributed by atoms with Crippen LogP contribution in [0.25, 0.3) is 16.3 Å². The van der Waals surface area contributed by atoms with E-state index in [-0.39, 0.29) is 25.9 Å². The zero-order valence-electron chi connectivity index (χ0n) is 18.7. The molecule has 0 saturated heterocycles. The van der Waals surface area contributed by atoms with Crippen LogP contribution < -0.4 is 9.47 Å². The predicted octanol–water partition coefficient (Wildman–Crippen LogP) is 5.93. The molecule has 8 nitrogen and oxygen atoms in total. The Bertz CT molecular complexity index is 1620. The maximum Gasteiger partial charge on any atom is 0.265 e.